The van der Waals surface area contributed by atoms with Gasteiger partial charge in [0.25, 0.3) is 5.91 Å². The first-order chi connectivity index (χ1) is 9.16. The Bertz CT molecular complexity index is 580. The van der Waals surface area contributed by atoms with Gasteiger partial charge in [0.1, 0.15) is 5.69 Å². The van der Waals surface area contributed by atoms with Crippen LogP contribution in [0.4, 0.5) is 0 Å². The number of aromatic carboxylic acids is 1. The van der Waals surface area contributed by atoms with Gasteiger partial charge in [0.15, 0.2) is 0 Å². The number of amides is 1. The van der Waals surface area contributed by atoms with Crippen LogP contribution in [0.1, 0.15) is 26.5 Å². The Morgan fingerprint density at radius 1 is 1.42 bits per heavy atom. The van der Waals surface area contributed by atoms with Crippen molar-refractivity contribution in [1.82, 2.24) is 20.3 Å². The number of nitrogens with one attached hydrogen (secondary N) is 2. The van der Waals surface area contributed by atoms with E-state index in [0.29, 0.717) is 13.0 Å². The van der Waals surface area contributed by atoms with Crippen molar-refractivity contribution in [1.29, 1.82) is 0 Å². The third-order valence-corrected chi connectivity index (χ3v) is 2.48. The Hall–Kier alpha value is -2.70. The van der Waals surface area contributed by atoms with Gasteiger partial charge in [-0.1, -0.05) is 0 Å². The van der Waals surface area contributed by atoms with Gasteiger partial charge in [-0.25, -0.2) is 14.8 Å². The summed E-state index contributed by atoms with van der Waals surface area (Å²) in [5, 5.41) is 11.5. The van der Waals surface area contributed by atoms with Crippen LogP contribution in [0, 0.1) is 0 Å². The van der Waals surface area contributed by atoms with Gasteiger partial charge in [-0.3, -0.25) is 4.79 Å². The van der Waals surface area contributed by atoms with E-state index in [9.17, 15) is 9.59 Å². The molecular formula is C12H12N4O3. The molecule has 3 N–H and O–H groups in total. The van der Waals surface area contributed by atoms with Crippen LogP contribution in [-0.4, -0.2) is 38.5 Å². The minimum atomic E-state index is -1.16. The first kappa shape index (κ1) is 12.7. The van der Waals surface area contributed by atoms with E-state index in [4.69, 9.17) is 5.11 Å². The molecule has 0 fully saturated rings. The quantitative estimate of drug-likeness (QED) is 0.724. The second-order valence-electron chi connectivity index (χ2n) is 3.82. The predicted octanol–water partition coefficient (Wildman–Crippen LogP) is 0.475. The van der Waals surface area contributed by atoms with E-state index in [1.807, 2.05) is 0 Å². The number of pyridine rings is 1. The standard InChI is InChI=1S/C12H12N4O3/c17-11(15-4-2-9-6-13-7-16-9)8-1-3-14-10(5-8)12(18)19/h1,3,5-7H,2,4H2,(H,13,16)(H,15,17)(H,18,19). The zero-order valence-electron chi connectivity index (χ0n) is 9.96. The molecule has 98 valence electrons. The molecule has 0 aliphatic heterocycles. The number of carboxylic acid groups (broad SMARTS) is 1. The van der Waals surface area contributed by atoms with Crippen molar-refractivity contribution in [2.75, 3.05) is 6.54 Å². The third-order valence-electron chi connectivity index (χ3n) is 2.48. The van der Waals surface area contributed by atoms with Crippen molar-refractivity contribution in [2.45, 2.75) is 6.42 Å². The van der Waals surface area contributed by atoms with E-state index in [1.165, 1.54) is 18.3 Å². The van der Waals surface area contributed by atoms with Gasteiger partial charge < -0.3 is 15.4 Å². The summed E-state index contributed by atoms with van der Waals surface area (Å²) in [4.78, 5) is 33.0. The molecular weight excluding hydrogens is 248 g/mol. The molecule has 1 amide bonds. The van der Waals surface area contributed by atoms with Crippen molar-refractivity contribution in [3.8, 4) is 0 Å². The van der Waals surface area contributed by atoms with E-state index < -0.39 is 5.97 Å². The number of H-pyrrole nitrogens is 1. The first-order valence-corrected chi connectivity index (χ1v) is 5.61. The van der Waals surface area contributed by atoms with Gasteiger partial charge in [-0.05, 0) is 12.1 Å². The summed E-state index contributed by atoms with van der Waals surface area (Å²) in [6.07, 6.45) is 5.18. The summed E-state index contributed by atoms with van der Waals surface area (Å²) in [6.45, 7) is 0.436. The van der Waals surface area contributed by atoms with Gasteiger partial charge in [-0.15, -0.1) is 0 Å². The highest BCUT2D eigenvalue weighted by molar-refractivity contribution is 5.96. The van der Waals surface area contributed by atoms with Crippen LogP contribution >= 0.6 is 0 Å². The number of nitrogens with zero attached hydrogens (tertiary/aromatic N) is 2. The van der Waals surface area contributed by atoms with Gasteiger partial charge in [0, 0.05) is 36.6 Å². The van der Waals surface area contributed by atoms with Gasteiger partial charge in [0.05, 0.1) is 6.33 Å². The summed E-state index contributed by atoms with van der Waals surface area (Å²) in [6, 6.07) is 2.71. The van der Waals surface area contributed by atoms with E-state index >= 15 is 0 Å². The maximum absolute atomic E-state index is 11.8. The lowest BCUT2D eigenvalue weighted by Gasteiger charge is -2.04. The Morgan fingerprint density at radius 2 is 2.26 bits per heavy atom. The lowest BCUT2D eigenvalue weighted by atomic mass is 10.2. The fourth-order valence-corrected chi connectivity index (χ4v) is 1.52. The third kappa shape index (κ3) is 3.38. The van der Waals surface area contributed by atoms with Gasteiger partial charge in [-0.2, -0.15) is 0 Å². The molecule has 0 radical (unpaired) electrons. The molecule has 2 aromatic rings. The molecule has 0 atom stereocenters. The normalized spacial score (nSPS) is 10.1. The van der Waals surface area contributed by atoms with Crippen molar-refractivity contribution < 1.29 is 14.7 Å². The lowest BCUT2D eigenvalue weighted by molar-refractivity contribution is 0.0690. The molecule has 0 aromatic carbocycles. The molecule has 0 aliphatic rings. The molecule has 2 aromatic heterocycles. The lowest BCUT2D eigenvalue weighted by Crippen LogP contribution is -2.26. The molecule has 0 saturated heterocycles. The van der Waals surface area contributed by atoms with Crippen LogP contribution in [-0.2, 0) is 6.42 Å². The monoisotopic (exact) mass is 260 g/mol. The van der Waals surface area contributed by atoms with Crippen molar-refractivity contribution in [3.05, 3.63) is 47.8 Å². The number of hydrogen-bond acceptors (Lipinski definition) is 4. The number of carbonyl (C=O) groups excluding carboxylic acids is 1. The number of hydrogen-bond donors (Lipinski definition) is 3. The Kier molecular flexibility index (Phi) is 3.87. The van der Waals surface area contributed by atoms with Crippen molar-refractivity contribution >= 4 is 11.9 Å². The summed E-state index contributed by atoms with van der Waals surface area (Å²) in [5.74, 6) is -1.49. The molecule has 0 unspecified atom stereocenters. The maximum Gasteiger partial charge on any atom is 0.354 e. The van der Waals surface area contributed by atoms with Crippen molar-refractivity contribution in [3.63, 3.8) is 0 Å². The number of aromatic amines is 1. The molecule has 0 saturated carbocycles. The predicted molar refractivity (Wildman–Crippen MR) is 65.8 cm³/mol. The fraction of sp³-hybridized carbons (Fsp3) is 0.167. The summed E-state index contributed by atoms with van der Waals surface area (Å²) >= 11 is 0. The Balaban J connectivity index is 1.92. The van der Waals surface area contributed by atoms with E-state index in [0.717, 1.165) is 5.69 Å². The fourth-order valence-electron chi connectivity index (χ4n) is 1.52. The highest BCUT2D eigenvalue weighted by Gasteiger charge is 2.10. The zero-order valence-corrected chi connectivity index (χ0v) is 9.96. The molecule has 0 aliphatic carbocycles. The molecule has 19 heavy (non-hydrogen) atoms. The van der Waals surface area contributed by atoms with Crippen LogP contribution in [0.2, 0.25) is 0 Å². The molecule has 2 heterocycles. The zero-order chi connectivity index (χ0) is 13.7. The van der Waals surface area contributed by atoms with Crippen LogP contribution in [0.15, 0.2) is 30.9 Å². The minimum absolute atomic E-state index is 0.152. The first-order valence-electron chi connectivity index (χ1n) is 5.61. The summed E-state index contributed by atoms with van der Waals surface area (Å²) in [5.41, 5.74) is 1.04. The average Bonchev–Trinajstić information content (AvgIpc) is 2.92. The largest absolute Gasteiger partial charge is 0.477 e. The van der Waals surface area contributed by atoms with Crippen LogP contribution < -0.4 is 5.32 Å². The van der Waals surface area contributed by atoms with Gasteiger partial charge >= 0.3 is 5.97 Å². The van der Waals surface area contributed by atoms with E-state index in [-0.39, 0.29) is 17.2 Å². The topological polar surface area (TPSA) is 108 Å². The van der Waals surface area contributed by atoms with Gasteiger partial charge in [0.2, 0.25) is 0 Å². The number of carboxylic acids is 1. The van der Waals surface area contributed by atoms with E-state index in [2.05, 4.69) is 20.3 Å². The van der Waals surface area contributed by atoms with E-state index in [1.54, 1.807) is 12.5 Å². The molecule has 0 bridgehead atoms. The molecule has 7 heteroatoms. The number of carbonyl (C=O) groups is 2. The number of aromatic nitrogens is 3. The Labute approximate surface area is 108 Å². The molecule has 2 rings (SSSR count). The van der Waals surface area contributed by atoms with Crippen LogP contribution in [0.5, 0.6) is 0 Å². The highest BCUT2D eigenvalue weighted by Crippen LogP contribution is 2.02. The van der Waals surface area contributed by atoms with Crippen LogP contribution in [0.3, 0.4) is 0 Å². The summed E-state index contributed by atoms with van der Waals surface area (Å²) in [7, 11) is 0. The molecule has 0 spiro atoms. The van der Waals surface area contributed by atoms with Crippen LogP contribution in [0.25, 0.3) is 0 Å². The second kappa shape index (κ2) is 5.76. The SMILES string of the molecule is O=C(NCCc1cnc[nH]1)c1ccnc(C(=O)O)c1. The van der Waals surface area contributed by atoms with Crippen molar-refractivity contribution in [2.24, 2.45) is 0 Å². The average molecular weight is 260 g/mol. The highest BCUT2D eigenvalue weighted by atomic mass is 16.4. The molecule has 7 nitrogen and oxygen atoms in total. The number of imidazole rings is 1. The second-order valence-corrected chi connectivity index (χ2v) is 3.82. The Morgan fingerprint density at radius 3 is 2.95 bits per heavy atom. The smallest absolute Gasteiger partial charge is 0.354 e. The maximum atomic E-state index is 11.8. The number of rotatable bonds is 5. The minimum Gasteiger partial charge on any atom is -0.477 e. The summed E-state index contributed by atoms with van der Waals surface area (Å²) < 4.78 is 0.